The molecule has 1 heterocycles. The van der Waals surface area contributed by atoms with Gasteiger partial charge in [0.2, 0.25) is 0 Å². The number of rotatable bonds is 8. The summed E-state index contributed by atoms with van der Waals surface area (Å²) in [4.78, 5) is 10.2. The molecule has 0 bridgehead atoms. The number of nitrogens with zero attached hydrogens (tertiary/aromatic N) is 3. The Morgan fingerprint density at radius 2 is 2.31 bits per heavy atom. The fraction of sp³-hybridized carbons (Fsp3) is 0.700. The first-order valence-electron chi connectivity index (χ1n) is 5.45. The van der Waals surface area contributed by atoms with Crippen LogP contribution in [0, 0.1) is 0 Å². The van der Waals surface area contributed by atoms with Crippen molar-refractivity contribution in [1.82, 2.24) is 20.1 Å². The topological polar surface area (TPSA) is 80.0 Å². The van der Waals surface area contributed by atoms with Crippen LogP contribution in [0.1, 0.15) is 25.1 Å². The van der Waals surface area contributed by atoms with E-state index in [1.807, 2.05) is 11.6 Å². The van der Waals surface area contributed by atoms with Crippen molar-refractivity contribution >= 4 is 5.97 Å². The molecule has 0 radical (unpaired) electrons. The zero-order chi connectivity index (χ0) is 11.8. The second-order valence-electron chi connectivity index (χ2n) is 3.71. The lowest BCUT2D eigenvalue weighted by Crippen LogP contribution is -2.20. The molecule has 1 rings (SSSR count). The lowest BCUT2D eigenvalue weighted by Gasteiger charge is -2.03. The summed E-state index contributed by atoms with van der Waals surface area (Å²) in [6.07, 6.45) is 4.40. The smallest absolute Gasteiger partial charge is 0.303 e. The Bertz CT molecular complexity index is 324. The van der Waals surface area contributed by atoms with E-state index in [2.05, 4.69) is 15.5 Å². The van der Waals surface area contributed by atoms with Gasteiger partial charge in [0.05, 0.1) is 0 Å². The van der Waals surface area contributed by atoms with Crippen LogP contribution in [0.5, 0.6) is 0 Å². The zero-order valence-electron chi connectivity index (χ0n) is 9.52. The van der Waals surface area contributed by atoms with Crippen LogP contribution in [-0.2, 0) is 18.3 Å². The second kappa shape index (κ2) is 6.95. The Morgan fingerprint density at radius 3 is 2.94 bits per heavy atom. The van der Waals surface area contributed by atoms with Crippen molar-refractivity contribution in [3.8, 4) is 0 Å². The van der Waals surface area contributed by atoms with Crippen molar-refractivity contribution in [2.75, 3.05) is 13.1 Å². The van der Waals surface area contributed by atoms with Gasteiger partial charge in [-0.05, 0) is 19.4 Å². The molecule has 16 heavy (non-hydrogen) atoms. The van der Waals surface area contributed by atoms with Crippen LogP contribution in [0.3, 0.4) is 0 Å². The van der Waals surface area contributed by atoms with E-state index in [4.69, 9.17) is 5.11 Å². The fourth-order valence-corrected chi connectivity index (χ4v) is 1.38. The highest BCUT2D eigenvalue weighted by molar-refractivity contribution is 5.66. The molecule has 2 N–H and O–H groups in total. The van der Waals surface area contributed by atoms with Gasteiger partial charge >= 0.3 is 5.97 Å². The Morgan fingerprint density at radius 1 is 1.50 bits per heavy atom. The highest BCUT2D eigenvalue weighted by Gasteiger charge is 1.99. The Hall–Kier alpha value is -1.43. The fourth-order valence-electron chi connectivity index (χ4n) is 1.38. The van der Waals surface area contributed by atoms with Gasteiger partial charge in [0.25, 0.3) is 0 Å². The van der Waals surface area contributed by atoms with Crippen LogP contribution in [-0.4, -0.2) is 38.9 Å². The summed E-state index contributed by atoms with van der Waals surface area (Å²) in [5, 5.41) is 19.4. The van der Waals surface area contributed by atoms with Gasteiger partial charge < -0.3 is 15.0 Å². The maximum atomic E-state index is 10.2. The maximum Gasteiger partial charge on any atom is 0.303 e. The molecule has 0 amide bonds. The quantitative estimate of drug-likeness (QED) is 0.619. The first-order chi connectivity index (χ1) is 7.70. The predicted molar refractivity (Wildman–Crippen MR) is 59.1 cm³/mol. The first-order valence-corrected chi connectivity index (χ1v) is 5.45. The van der Waals surface area contributed by atoms with Gasteiger partial charge in [0.15, 0.2) is 0 Å². The highest BCUT2D eigenvalue weighted by Crippen LogP contribution is 1.94. The third-order valence-corrected chi connectivity index (χ3v) is 2.32. The SMILES string of the molecule is Cn1cnnc1CCNCCCCC(=O)O. The molecular weight excluding hydrogens is 208 g/mol. The number of aliphatic carboxylic acids is 1. The third kappa shape index (κ3) is 4.88. The molecule has 0 atom stereocenters. The van der Waals surface area contributed by atoms with Crippen LogP contribution in [0.2, 0.25) is 0 Å². The number of hydrogen-bond donors (Lipinski definition) is 2. The molecule has 6 nitrogen and oxygen atoms in total. The van der Waals surface area contributed by atoms with E-state index in [9.17, 15) is 4.79 Å². The minimum absolute atomic E-state index is 0.255. The van der Waals surface area contributed by atoms with E-state index in [0.29, 0.717) is 0 Å². The number of nitrogens with one attached hydrogen (secondary N) is 1. The number of hydrogen-bond acceptors (Lipinski definition) is 4. The number of aryl methyl sites for hydroxylation is 1. The second-order valence-corrected chi connectivity index (χ2v) is 3.71. The van der Waals surface area contributed by atoms with Gasteiger partial charge in [-0.15, -0.1) is 10.2 Å². The minimum atomic E-state index is -0.723. The van der Waals surface area contributed by atoms with Crippen molar-refractivity contribution in [3.63, 3.8) is 0 Å². The van der Waals surface area contributed by atoms with Crippen LogP contribution < -0.4 is 5.32 Å². The predicted octanol–water partition coefficient (Wildman–Crippen LogP) is 0.202. The molecule has 1 aromatic heterocycles. The monoisotopic (exact) mass is 226 g/mol. The van der Waals surface area contributed by atoms with Crippen molar-refractivity contribution in [1.29, 1.82) is 0 Å². The maximum absolute atomic E-state index is 10.2. The van der Waals surface area contributed by atoms with E-state index in [0.717, 1.165) is 38.2 Å². The van der Waals surface area contributed by atoms with Crippen LogP contribution in [0.4, 0.5) is 0 Å². The average Bonchev–Trinajstić information content (AvgIpc) is 2.62. The molecular formula is C10H18N4O2. The highest BCUT2D eigenvalue weighted by atomic mass is 16.4. The summed E-state index contributed by atoms with van der Waals surface area (Å²) in [6, 6.07) is 0. The molecule has 1 aromatic rings. The average molecular weight is 226 g/mol. The van der Waals surface area contributed by atoms with E-state index in [1.165, 1.54) is 0 Å². The summed E-state index contributed by atoms with van der Waals surface area (Å²) in [5.41, 5.74) is 0. The Balaban J connectivity index is 1.96. The summed E-state index contributed by atoms with van der Waals surface area (Å²) in [7, 11) is 1.92. The van der Waals surface area contributed by atoms with Crippen molar-refractivity contribution in [3.05, 3.63) is 12.2 Å². The zero-order valence-corrected chi connectivity index (χ0v) is 9.52. The summed E-state index contributed by atoms with van der Waals surface area (Å²) in [5.74, 6) is 0.233. The van der Waals surface area contributed by atoms with Gasteiger partial charge in [-0.1, -0.05) is 0 Å². The van der Waals surface area contributed by atoms with Crippen LogP contribution in [0.15, 0.2) is 6.33 Å². The third-order valence-electron chi connectivity index (χ3n) is 2.32. The van der Waals surface area contributed by atoms with E-state index < -0.39 is 5.97 Å². The number of carbonyl (C=O) groups is 1. The molecule has 90 valence electrons. The van der Waals surface area contributed by atoms with Crippen molar-refractivity contribution < 1.29 is 9.90 Å². The molecule has 0 aromatic carbocycles. The van der Waals surface area contributed by atoms with Gasteiger partial charge in [-0.2, -0.15) is 0 Å². The van der Waals surface area contributed by atoms with Gasteiger partial charge in [0.1, 0.15) is 12.2 Å². The molecule has 0 saturated heterocycles. The lowest BCUT2D eigenvalue weighted by molar-refractivity contribution is -0.137. The molecule has 0 unspecified atom stereocenters. The number of carboxylic acid groups (broad SMARTS) is 1. The molecule has 0 spiro atoms. The van der Waals surface area contributed by atoms with Gasteiger partial charge in [-0.3, -0.25) is 4.79 Å². The summed E-state index contributed by atoms with van der Waals surface area (Å²) in [6.45, 7) is 1.70. The Labute approximate surface area is 94.7 Å². The molecule has 0 aliphatic rings. The van der Waals surface area contributed by atoms with Crippen molar-refractivity contribution in [2.45, 2.75) is 25.7 Å². The van der Waals surface area contributed by atoms with Gasteiger partial charge in [0, 0.05) is 26.4 Å². The standard InChI is InChI=1S/C10H18N4O2/c1-14-8-12-13-9(14)5-7-11-6-3-2-4-10(15)16/h8,11H,2-7H2,1H3,(H,15,16). The van der Waals surface area contributed by atoms with Crippen LogP contribution in [0.25, 0.3) is 0 Å². The molecule has 0 saturated carbocycles. The van der Waals surface area contributed by atoms with E-state index in [-0.39, 0.29) is 6.42 Å². The minimum Gasteiger partial charge on any atom is -0.481 e. The molecule has 0 aliphatic carbocycles. The first kappa shape index (κ1) is 12.6. The molecule has 0 aliphatic heterocycles. The molecule has 6 heteroatoms. The number of carboxylic acids is 1. The van der Waals surface area contributed by atoms with Gasteiger partial charge in [-0.25, -0.2) is 0 Å². The normalized spacial score (nSPS) is 10.6. The summed E-state index contributed by atoms with van der Waals surface area (Å²) < 4.78 is 1.89. The molecule has 0 fully saturated rings. The lowest BCUT2D eigenvalue weighted by atomic mass is 10.2. The Kier molecular flexibility index (Phi) is 5.49. The summed E-state index contributed by atoms with van der Waals surface area (Å²) >= 11 is 0. The largest absolute Gasteiger partial charge is 0.481 e. The van der Waals surface area contributed by atoms with Crippen molar-refractivity contribution in [2.24, 2.45) is 7.05 Å². The van der Waals surface area contributed by atoms with E-state index in [1.54, 1.807) is 6.33 Å². The van der Waals surface area contributed by atoms with E-state index >= 15 is 0 Å². The van der Waals surface area contributed by atoms with Crippen LogP contribution >= 0.6 is 0 Å². The number of unbranched alkanes of at least 4 members (excludes halogenated alkanes) is 1. The number of aromatic nitrogens is 3.